The van der Waals surface area contributed by atoms with Crippen molar-refractivity contribution in [3.05, 3.63) is 47.5 Å². The van der Waals surface area contributed by atoms with Crippen LogP contribution in [0.1, 0.15) is 24.0 Å². The standard InChI is InChI=1S/C18H23N3S/c19-11-3-5-13-9-10-17-18(14(13)6-4-12-20)21-15-7-1-2-8-16(15)22-17/h1-2,7-10,21H,3-6,11-12,19-20H2. The van der Waals surface area contributed by atoms with E-state index >= 15 is 0 Å². The Labute approximate surface area is 136 Å². The first-order valence-electron chi connectivity index (χ1n) is 7.92. The number of anilines is 2. The van der Waals surface area contributed by atoms with Crippen LogP contribution < -0.4 is 16.8 Å². The molecule has 22 heavy (non-hydrogen) atoms. The third-order valence-corrected chi connectivity index (χ3v) is 5.16. The quantitative estimate of drug-likeness (QED) is 0.649. The summed E-state index contributed by atoms with van der Waals surface area (Å²) in [5.41, 5.74) is 16.7. The molecule has 1 aliphatic rings. The van der Waals surface area contributed by atoms with E-state index in [1.165, 1.54) is 32.3 Å². The molecule has 0 saturated carbocycles. The Kier molecular flexibility index (Phi) is 5.03. The number of rotatable bonds is 6. The minimum atomic E-state index is 0.726. The summed E-state index contributed by atoms with van der Waals surface area (Å²) in [5.74, 6) is 0. The van der Waals surface area contributed by atoms with E-state index in [2.05, 4.69) is 41.7 Å². The Morgan fingerprint density at radius 3 is 2.45 bits per heavy atom. The molecule has 0 radical (unpaired) electrons. The predicted molar refractivity (Wildman–Crippen MR) is 95.0 cm³/mol. The molecule has 1 heterocycles. The van der Waals surface area contributed by atoms with Crippen molar-refractivity contribution < 1.29 is 0 Å². The molecule has 3 rings (SSSR count). The van der Waals surface area contributed by atoms with Gasteiger partial charge < -0.3 is 16.8 Å². The van der Waals surface area contributed by atoms with Crippen LogP contribution in [0.25, 0.3) is 0 Å². The number of para-hydroxylation sites is 1. The predicted octanol–water partition coefficient (Wildman–Crippen LogP) is 3.68. The Bertz CT molecular complexity index is 655. The average molecular weight is 313 g/mol. The summed E-state index contributed by atoms with van der Waals surface area (Å²) >= 11 is 1.84. The lowest BCUT2D eigenvalue weighted by atomic mass is 9.96. The SMILES string of the molecule is NCCCc1ccc2c(c1CCCN)Nc1ccccc1S2. The maximum Gasteiger partial charge on any atom is 0.0561 e. The van der Waals surface area contributed by atoms with Gasteiger partial charge in [-0.2, -0.15) is 0 Å². The summed E-state index contributed by atoms with van der Waals surface area (Å²) in [6.45, 7) is 1.46. The second-order valence-corrected chi connectivity index (χ2v) is 6.67. The number of nitrogens with one attached hydrogen (secondary N) is 1. The molecule has 0 amide bonds. The van der Waals surface area contributed by atoms with Gasteiger partial charge in [0.25, 0.3) is 0 Å². The molecule has 5 N–H and O–H groups in total. The van der Waals surface area contributed by atoms with Crippen LogP contribution in [0.5, 0.6) is 0 Å². The normalized spacial score (nSPS) is 12.5. The van der Waals surface area contributed by atoms with E-state index in [-0.39, 0.29) is 0 Å². The molecule has 0 atom stereocenters. The molecular formula is C18H23N3S. The van der Waals surface area contributed by atoms with E-state index in [0.717, 1.165) is 38.8 Å². The zero-order valence-electron chi connectivity index (χ0n) is 12.8. The van der Waals surface area contributed by atoms with Gasteiger partial charge in [0.05, 0.1) is 11.4 Å². The van der Waals surface area contributed by atoms with Gasteiger partial charge in [-0.15, -0.1) is 0 Å². The molecule has 0 bridgehead atoms. The summed E-state index contributed by atoms with van der Waals surface area (Å²) in [6.07, 6.45) is 4.10. The van der Waals surface area contributed by atoms with Gasteiger partial charge in [-0.25, -0.2) is 0 Å². The highest BCUT2D eigenvalue weighted by Crippen LogP contribution is 2.46. The lowest BCUT2D eigenvalue weighted by Crippen LogP contribution is -2.10. The highest BCUT2D eigenvalue weighted by Gasteiger charge is 2.19. The van der Waals surface area contributed by atoms with Crippen molar-refractivity contribution in [1.29, 1.82) is 0 Å². The van der Waals surface area contributed by atoms with Crippen molar-refractivity contribution in [3.8, 4) is 0 Å². The van der Waals surface area contributed by atoms with Crippen molar-refractivity contribution in [2.24, 2.45) is 11.5 Å². The van der Waals surface area contributed by atoms with Crippen molar-refractivity contribution >= 4 is 23.1 Å². The molecule has 0 spiro atoms. The summed E-state index contributed by atoms with van der Waals surface area (Å²) in [5, 5.41) is 3.64. The minimum Gasteiger partial charge on any atom is -0.353 e. The van der Waals surface area contributed by atoms with Crippen molar-refractivity contribution in [3.63, 3.8) is 0 Å². The van der Waals surface area contributed by atoms with Crippen molar-refractivity contribution in [2.45, 2.75) is 35.5 Å². The number of nitrogens with two attached hydrogens (primary N) is 2. The fraction of sp³-hybridized carbons (Fsp3) is 0.333. The van der Waals surface area contributed by atoms with Gasteiger partial charge >= 0.3 is 0 Å². The molecule has 0 unspecified atom stereocenters. The molecule has 0 fully saturated rings. The van der Waals surface area contributed by atoms with E-state index in [4.69, 9.17) is 11.5 Å². The largest absolute Gasteiger partial charge is 0.353 e. The van der Waals surface area contributed by atoms with Crippen LogP contribution in [0, 0.1) is 0 Å². The Balaban J connectivity index is 1.98. The van der Waals surface area contributed by atoms with Crippen LogP contribution in [0.15, 0.2) is 46.2 Å². The van der Waals surface area contributed by atoms with Crippen molar-refractivity contribution in [2.75, 3.05) is 18.4 Å². The molecule has 116 valence electrons. The van der Waals surface area contributed by atoms with Crippen LogP contribution in [0.4, 0.5) is 11.4 Å². The number of benzene rings is 2. The summed E-state index contributed by atoms with van der Waals surface area (Å²) in [7, 11) is 0. The van der Waals surface area contributed by atoms with Crippen LogP contribution in [0.3, 0.4) is 0 Å². The second kappa shape index (κ2) is 7.18. The third-order valence-electron chi connectivity index (χ3n) is 4.02. The molecule has 3 nitrogen and oxygen atoms in total. The molecule has 4 heteroatoms. The summed E-state index contributed by atoms with van der Waals surface area (Å²) in [6, 6.07) is 13.0. The lowest BCUT2D eigenvalue weighted by Gasteiger charge is -2.25. The molecule has 0 aromatic heterocycles. The number of fused-ring (bicyclic) bond motifs is 2. The monoisotopic (exact) mass is 313 g/mol. The lowest BCUT2D eigenvalue weighted by molar-refractivity contribution is 0.790. The van der Waals surface area contributed by atoms with Crippen molar-refractivity contribution in [1.82, 2.24) is 0 Å². The second-order valence-electron chi connectivity index (χ2n) is 5.58. The number of aryl methyl sites for hydroxylation is 1. The smallest absolute Gasteiger partial charge is 0.0561 e. The first-order valence-corrected chi connectivity index (χ1v) is 8.74. The fourth-order valence-electron chi connectivity index (χ4n) is 2.89. The topological polar surface area (TPSA) is 64.1 Å². The van der Waals surface area contributed by atoms with Crippen LogP contribution in [-0.2, 0) is 12.8 Å². The van der Waals surface area contributed by atoms with E-state index in [9.17, 15) is 0 Å². The van der Waals surface area contributed by atoms with Crippen LogP contribution in [-0.4, -0.2) is 13.1 Å². The minimum absolute atomic E-state index is 0.726. The van der Waals surface area contributed by atoms with E-state index in [1.807, 2.05) is 11.8 Å². The summed E-state index contributed by atoms with van der Waals surface area (Å²) < 4.78 is 0. The van der Waals surface area contributed by atoms with Gasteiger partial charge in [-0.3, -0.25) is 0 Å². The first-order chi connectivity index (χ1) is 10.8. The molecular weight excluding hydrogens is 290 g/mol. The maximum atomic E-state index is 5.73. The number of hydrogen-bond donors (Lipinski definition) is 3. The molecule has 2 aromatic rings. The van der Waals surface area contributed by atoms with Gasteiger partial charge in [-0.05, 0) is 68.1 Å². The van der Waals surface area contributed by atoms with Crippen LogP contribution in [0.2, 0.25) is 0 Å². The zero-order chi connectivity index (χ0) is 15.4. The van der Waals surface area contributed by atoms with Gasteiger partial charge in [0, 0.05) is 9.79 Å². The molecule has 0 aliphatic carbocycles. The van der Waals surface area contributed by atoms with Gasteiger partial charge in [0.1, 0.15) is 0 Å². The summed E-state index contributed by atoms with van der Waals surface area (Å²) in [4.78, 5) is 2.59. The Hall–Kier alpha value is -1.49. The Morgan fingerprint density at radius 2 is 1.64 bits per heavy atom. The van der Waals surface area contributed by atoms with Gasteiger partial charge in [-0.1, -0.05) is 30.0 Å². The third kappa shape index (κ3) is 3.14. The highest BCUT2D eigenvalue weighted by molar-refractivity contribution is 7.99. The van der Waals surface area contributed by atoms with E-state index < -0.39 is 0 Å². The fourth-order valence-corrected chi connectivity index (χ4v) is 3.92. The van der Waals surface area contributed by atoms with Crippen LogP contribution >= 0.6 is 11.8 Å². The highest BCUT2D eigenvalue weighted by atomic mass is 32.2. The molecule has 0 saturated heterocycles. The van der Waals surface area contributed by atoms with E-state index in [0.29, 0.717) is 0 Å². The first kappa shape index (κ1) is 15.4. The van der Waals surface area contributed by atoms with Gasteiger partial charge in [0.2, 0.25) is 0 Å². The maximum absolute atomic E-state index is 5.73. The molecule has 1 aliphatic heterocycles. The molecule has 2 aromatic carbocycles. The zero-order valence-corrected chi connectivity index (χ0v) is 13.6. The van der Waals surface area contributed by atoms with Gasteiger partial charge in [0.15, 0.2) is 0 Å². The Morgan fingerprint density at radius 1 is 0.864 bits per heavy atom. The number of hydrogen-bond acceptors (Lipinski definition) is 4. The average Bonchev–Trinajstić information content (AvgIpc) is 2.56. The van der Waals surface area contributed by atoms with E-state index in [1.54, 1.807) is 0 Å².